The van der Waals surface area contributed by atoms with E-state index in [0.717, 1.165) is 38.8 Å². The van der Waals surface area contributed by atoms with Crippen LogP contribution in [0.3, 0.4) is 0 Å². The third kappa shape index (κ3) is 3.68. The van der Waals surface area contributed by atoms with Crippen molar-refractivity contribution in [3.63, 3.8) is 0 Å². The Morgan fingerprint density at radius 3 is 2.07 bits per heavy atom. The minimum atomic E-state index is 0.919. The van der Waals surface area contributed by atoms with Crippen LogP contribution >= 0.6 is 11.3 Å². The second-order valence-electron chi connectivity index (χ2n) is 11.7. The summed E-state index contributed by atoms with van der Waals surface area (Å²) in [7, 11) is 0. The molecule has 210 valence electrons. The van der Waals surface area contributed by atoms with Crippen LogP contribution in [0.4, 0.5) is 0 Å². The zero-order valence-corrected chi connectivity index (χ0v) is 25.0. The molecular weight excluding hydrogens is 567 g/mol. The van der Waals surface area contributed by atoms with E-state index in [-0.39, 0.29) is 0 Å². The minimum Gasteiger partial charge on any atom is -0.455 e. The molecule has 0 aliphatic heterocycles. The molecule has 0 amide bonds. The minimum absolute atomic E-state index is 0.919. The highest BCUT2D eigenvalue weighted by atomic mass is 32.1. The van der Waals surface area contributed by atoms with Gasteiger partial charge in [-0.15, -0.1) is 11.3 Å². The maximum Gasteiger partial charge on any atom is 0.143 e. The lowest BCUT2D eigenvalue weighted by molar-refractivity contribution is 0.670. The molecule has 10 rings (SSSR count). The molecule has 0 aliphatic rings. The van der Waals surface area contributed by atoms with Gasteiger partial charge in [0.05, 0.1) is 11.0 Å². The number of fused-ring (bicyclic) bond motifs is 9. The van der Waals surface area contributed by atoms with Crippen LogP contribution in [0.15, 0.2) is 156 Å². The summed E-state index contributed by atoms with van der Waals surface area (Å²) in [6.07, 6.45) is 0. The topological polar surface area (TPSA) is 18.1 Å². The lowest BCUT2D eigenvalue weighted by atomic mass is 9.97. The molecule has 7 aromatic carbocycles. The number of para-hydroxylation sites is 3. The van der Waals surface area contributed by atoms with Gasteiger partial charge in [0.1, 0.15) is 11.2 Å². The number of hydrogen-bond acceptors (Lipinski definition) is 2. The van der Waals surface area contributed by atoms with E-state index in [0.29, 0.717) is 0 Å². The van der Waals surface area contributed by atoms with Gasteiger partial charge in [-0.1, -0.05) is 103 Å². The highest BCUT2D eigenvalue weighted by molar-refractivity contribution is 7.25. The Balaban J connectivity index is 1.15. The van der Waals surface area contributed by atoms with Crippen molar-refractivity contribution in [3.8, 4) is 27.9 Å². The molecule has 0 unspecified atom stereocenters. The number of rotatable bonds is 3. The normalized spacial score (nSPS) is 12.0. The number of aromatic nitrogens is 1. The Kier molecular flexibility index (Phi) is 5.19. The average molecular weight is 592 g/mol. The van der Waals surface area contributed by atoms with Crippen LogP contribution in [0.25, 0.3) is 91.9 Å². The van der Waals surface area contributed by atoms with Crippen LogP contribution in [-0.4, -0.2) is 4.57 Å². The molecule has 3 aromatic heterocycles. The zero-order valence-electron chi connectivity index (χ0n) is 24.2. The predicted molar refractivity (Wildman–Crippen MR) is 192 cm³/mol. The molecule has 3 heterocycles. The highest BCUT2D eigenvalue weighted by Gasteiger charge is 2.16. The summed E-state index contributed by atoms with van der Waals surface area (Å²) in [4.78, 5) is 0. The molecule has 0 N–H and O–H groups in total. The molecule has 0 saturated carbocycles. The summed E-state index contributed by atoms with van der Waals surface area (Å²) in [6.45, 7) is 0. The SMILES string of the molecule is c1cc(-c2cccc(-n3c4ccccc4c4cc5sc6ccccc6c5cc43)c2)cc(-c2cccc3c2oc2ccccc23)c1. The van der Waals surface area contributed by atoms with E-state index in [4.69, 9.17) is 4.42 Å². The van der Waals surface area contributed by atoms with E-state index in [1.54, 1.807) is 0 Å². The van der Waals surface area contributed by atoms with Gasteiger partial charge in [0, 0.05) is 53.0 Å². The average Bonchev–Trinajstić information content (AvgIpc) is 3.76. The Bertz CT molecular complexity index is 2770. The van der Waals surface area contributed by atoms with Crippen molar-refractivity contribution in [1.29, 1.82) is 0 Å². The quantitative estimate of drug-likeness (QED) is 0.200. The Hall–Kier alpha value is -5.64. The first-order valence-corrected chi connectivity index (χ1v) is 16.1. The van der Waals surface area contributed by atoms with Crippen molar-refractivity contribution >= 4 is 75.3 Å². The number of thiophene rings is 1. The summed E-state index contributed by atoms with van der Waals surface area (Å²) in [5.74, 6) is 0. The molecule has 0 bridgehead atoms. The van der Waals surface area contributed by atoms with Gasteiger partial charge in [0.2, 0.25) is 0 Å². The van der Waals surface area contributed by atoms with Crippen LogP contribution in [0, 0.1) is 0 Å². The summed E-state index contributed by atoms with van der Waals surface area (Å²) in [5.41, 5.74) is 10.1. The van der Waals surface area contributed by atoms with E-state index in [1.165, 1.54) is 53.1 Å². The maximum atomic E-state index is 6.38. The van der Waals surface area contributed by atoms with E-state index in [2.05, 4.69) is 144 Å². The predicted octanol–water partition coefficient (Wildman–Crippen LogP) is 12.4. The van der Waals surface area contributed by atoms with E-state index < -0.39 is 0 Å². The van der Waals surface area contributed by atoms with Crippen molar-refractivity contribution in [3.05, 3.63) is 152 Å². The molecule has 0 saturated heterocycles. The van der Waals surface area contributed by atoms with Crippen LogP contribution in [0.5, 0.6) is 0 Å². The summed E-state index contributed by atoms with van der Waals surface area (Å²) in [6, 6.07) is 54.8. The lowest BCUT2D eigenvalue weighted by Gasteiger charge is -2.11. The summed E-state index contributed by atoms with van der Waals surface area (Å²) >= 11 is 1.87. The Morgan fingerprint density at radius 2 is 1.13 bits per heavy atom. The molecule has 2 nitrogen and oxygen atoms in total. The van der Waals surface area contributed by atoms with Crippen molar-refractivity contribution < 1.29 is 4.42 Å². The molecular formula is C42H25NOS. The lowest BCUT2D eigenvalue weighted by Crippen LogP contribution is -1.94. The molecule has 0 radical (unpaired) electrons. The molecule has 10 aromatic rings. The smallest absolute Gasteiger partial charge is 0.143 e. The van der Waals surface area contributed by atoms with Crippen LogP contribution in [0.1, 0.15) is 0 Å². The van der Waals surface area contributed by atoms with Crippen LogP contribution in [-0.2, 0) is 0 Å². The van der Waals surface area contributed by atoms with Gasteiger partial charge < -0.3 is 8.98 Å². The second kappa shape index (κ2) is 9.43. The van der Waals surface area contributed by atoms with Crippen LogP contribution in [0.2, 0.25) is 0 Å². The number of hydrogen-bond donors (Lipinski definition) is 0. The van der Waals surface area contributed by atoms with Crippen molar-refractivity contribution in [2.75, 3.05) is 0 Å². The fraction of sp³-hybridized carbons (Fsp3) is 0. The fourth-order valence-corrected chi connectivity index (χ4v) is 8.26. The Morgan fingerprint density at radius 1 is 0.422 bits per heavy atom. The number of furan rings is 1. The van der Waals surface area contributed by atoms with Gasteiger partial charge in [-0.3, -0.25) is 0 Å². The molecule has 3 heteroatoms. The largest absolute Gasteiger partial charge is 0.455 e. The van der Waals surface area contributed by atoms with Gasteiger partial charge >= 0.3 is 0 Å². The molecule has 45 heavy (non-hydrogen) atoms. The summed E-state index contributed by atoms with van der Waals surface area (Å²) in [5, 5.41) is 7.50. The third-order valence-electron chi connectivity index (χ3n) is 9.19. The fourth-order valence-electron chi connectivity index (χ4n) is 7.13. The molecule has 0 spiro atoms. The van der Waals surface area contributed by atoms with E-state index in [1.807, 2.05) is 23.5 Å². The first-order chi connectivity index (χ1) is 22.3. The molecule has 0 atom stereocenters. The second-order valence-corrected chi connectivity index (χ2v) is 12.8. The Labute approximate surface area is 263 Å². The van der Waals surface area contributed by atoms with Crippen molar-refractivity contribution in [2.24, 2.45) is 0 Å². The zero-order chi connectivity index (χ0) is 29.5. The van der Waals surface area contributed by atoms with E-state index >= 15 is 0 Å². The standard InChI is InChI=1S/C42H25NOS/c1-4-19-37-31(14-1)35-25-41-36(33-16-3-6-21-40(33)45-41)24-38(35)43(37)29-13-8-11-27(23-29)26-10-7-12-28(22-26)30-17-9-18-34-32-15-2-5-20-39(32)44-42(30)34/h1-25H. The highest BCUT2D eigenvalue weighted by Crippen LogP contribution is 2.41. The molecule has 0 fully saturated rings. The van der Waals surface area contributed by atoms with Crippen molar-refractivity contribution in [2.45, 2.75) is 0 Å². The first kappa shape index (κ1) is 24.8. The van der Waals surface area contributed by atoms with Gasteiger partial charge in [-0.25, -0.2) is 0 Å². The summed E-state index contributed by atoms with van der Waals surface area (Å²) < 4.78 is 11.5. The van der Waals surface area contributed by atoms with Gasteiger partial charge in [-0.2, -0.15) is 0 Å². The maximum absolute atomic E-state index is 6.38. The van der Waals surface area contributed by atoms with Crippen LogP contribution < -0.4 is 0 Å². The van der Waals surface area contributed by atoms with Gasteiger partial charge in [0.15, 0.2) is 0 Å². The van der Waals surface area contributed by atoms with Crippen molar-refractivity contribution in [1.82, 2.24) is 4.57 Å². The van der Waals surface area contributed by atoms with Gasteiger partial charge in [-0.05, 0) is 65.2 Å². The first-order valence-electron chi connectivity index (χ1n) is 15.3. The number of benzene rings is 7. The number of nitrogens with zero attached hydrogens (tertiary/aromatic N) is 1. The molecule has 0 aliphatic carbocycles. The third-order valence-corrected chi connectivity index (χ3v) is 10.3. The van der Waals surface area contributed by atoms with Gasteiger partial charge in [0.25, 0.3) is 0 Å². The van der Waals surface area contributed by atoms with E-state index in [9.17, 15) is 0 Å². The monoisotopic (exact) mass is 591 g/mol.